The second-order valence-corrected chi connectivity index (χ2v) is 5.92. The molecule has 112 valence electrons. The molecular formula is C12H15N5O3S. The summed E-state index contributed by atoms with van der Waals surface area (Å²) >= 11 is 0.988. The minimum absolute atomic E-state index is 0.150. The summed E-state index contributed by atoms with van der Waals surface area (Å²) in [5.74, 6) is 0.748. The molecule has 3 rings (SSSR count). The maximum atomic E-state index is 12.2. The summed E-state index contributed by atoms with van der Waals surface area (Å²) in [6.07, 6.45) is 1.50. The first kappa shape index (κ1) is 13.8. The predicted octanol–water partition coefficient (Wildman–Crippen LogP) is -0.122. The van der Waals surface area contributed by atoms with Crippen LogP contribution in [0.25, 0.3) is 0 Å². The summed E-state index contributed by atoms with van der Waals surface area (Å²) in [7, 11) is 1.69. The predicted molar refractivity (Wildman–Crippen MR) is 76.6 cm³/mol. The molecule has 2 aromatic heterocycles. The van der Waals surface area contributed by atoms with E-state index in [0.29, 0.717) is 18.8 Å². The Morgan fingerprint density at radius 2 is 2.10 bits per heavy atom. The van der Waals surface area contributed by atoms with Gasteiger partial charge >= 0.3 is 10.6 Å². The highest BCUT2D eigenvalue weighted by Gasteiger charge is 2.27. The third-order valence-corrected chi connectivity index (χ3v) is 4.48. The van der Waals surface area contributed by atoms with Crippen LogP contribution in [0.2, 0.25) is 0 Å². The summed E-state index contributed by atoms with van der Waals surface area (Å²) in [6.45, 7) is 1.17. The van der Waals surface area contributed by atoms with Gasteiger partial charge in [-0.2, -0.15) is 5.10 Å². The molecule has 0 aliphatic carbocycles. The highest BCUT2D eigenvalue weighted by molar-refractivity contribution is 7.07. The summed E-state index contributed by atoms with van der Waals surface area (Å²) in [4.78, 5) is 38.7. The fourth-order valence-electron chi connectivity index (χ4n) is 2.62. The molecule has 1 aliphatic rings. The molecule has 8 nitrogen and oxygen atoms in total. The van der Waals surface area contributed by atoms with Crippen LogP contribution in [-0.2, 0) is 7.05 Å². The lowest BCUT2D eigenvalue weighted by Crippen LogP contribution is -2.38. The Morgan fingerprint density at radius 3 is 2.62 bits per heavy atom. The van der Waals surface area contributed by atoms with Crippen molar-refractivity contribution in [2.24, 2.45) is 7.05 Å². The molecule has 0 radical (unpaired) electrons. The minimum atomic E-state index is -0.223. The molecule has 0 aromatic carbocycles. The van der Waals surface area contributed by atoms with Gasteiger partial charge < -0.3 is 9.88 Å². The molecule has 9 heteroatoms. The lowest BCUT2D eigenvalue weighted by atomic mass is 9.96. The van der Waals surface area contributed by atoms with E-state index in [4.69, 9.17) is 0 Å². The van der Waals surface area contributed by atoms with Gasteiger partial charge in [0.25, 0.3) is 5.91 Å². The monoisotopic (exact) mass is 309 g/mol. The van der Waals surface area contributed by atoms with E-state index in [1.165, 1.54) is 4.57 Å². The van der Waals surface area contributed by atoms with Crippen LogP contribution in [0.3, 0.4) is 0 Å². The number of aromatic nitrogens is 4. The largest absolute Gasteiger partial charge is 0.343 e. The number of thiazole rings is 1. The maximum Gasteiger partial charge on any atom is 0.343 e. The van der Waals surface area contributed by atoms with Gasteiger partial charge in [0.1, 0.15) is 11.5 Å². The highest BCUT2D eigenvalue weighted by Crippen LogP contribution is 2.26. The number of hydrogen-bond donors (Lipinski definition) is 2. The Hall–Kier alpha value is -2.16. The number of carbonyl (C=O) groups is 1. The van der Waals surface area contributed by atoms with Crippen molar-refractivity contribution in [3.63, 3.8) is 0 Å². The van der Waals surface area contributed by atoms with Crippen molar-refractivity contribution < 1.29 is 4.79 Å². The topological polar surface area (TPSA) is 104 Å². The average Bonchev–Trinajstić information content (AvgIpc) is 3.06. The maximum absolute atomic E-state index is 12.2. The van der Waals surface area contributed by atoms with Gasteiger partial charge in [-0.25, -0.2) is 9.89 Å². The number of piperidine rings is 1. The highest BCUT2D eigenvalue weighted by atomic mass is 32.1. The first-order chi connectivity index (χ1) is 10.1. The number of hydrogen-bond acceptors (Lipinski definition) is 5. The fraction of sp³-hybridized carbons (Fsp3) is 0.500. The molecule has 1 saturated heterocycles. The average molecular weight is 309 g/mol. The summed E-state index contributed by atoms with van der Waals surface area (Å²) < 4.78 is 1.51. The van der Waals surface area contributed by atoms with E-state index in [2.05, 4.69) is 15.2 Å². The lowest BCUT2D eigenvalue weighted by molar-refractivity contribution is 0.0705. The molecule has 1 amide bonds. The Labute approximate surface area is 123 Å². The molecule has 0 spiro atoms. The molecule has 0 bridgehead atoms. The van der Waals surface area contributed by atoms with Crippen LogP contribution < -0.4 is 10.6 Å². The second-order valence-electron chi connectivity index (χ2n) is 5.07. The van der Waals surface area contributed by atoms with E-state index < -0.39 is 0 Å². The normalized spacial score (nSPS) is 16.3. The Morgan fingerprint density at radius 1 is 1.38 bits per heavy atom. The van der Waals surface area contributed by atoms with Crippen LogP contribution in [-0.4, -0.2) is 43.6 Å². The first-order valence-corrected chi connectivity index (χ1v) is 7.52. The van der Waals surface area contributed by atoms with E-state index >= 15 is 0 Å². The van der Waals surface area contributed by atoms with Crippen LogP contribution in [0.15, 0.2) is 15.0 Å². The number of aromatic amines is 2. The molecule has 2 aromatic rings. The van der Waals surface area contributed by atoms with Crippen molar-refractivity contribution in [3.05, 3.63) is 37.1 Å². The molecule has 1 fully saturated rings. The van der Waals surface area contributed by atoms with E-state index in [1.807, 2.05) is 0 Å². The molecule has 0 unspecified atom stereocenters. The summed E-state index contributed by atoms with van der Waals surface area (Å²) in [5.41, 5.74) is 0.120. The van der Waals surface area contributed by atoms with Gasteiger partial charge in [-0.15, -0.1) is 0 Å². The van der Waals surface area contributed by atoms with E-state index in [0.717, 1.165) is 30.0 Å². The van der Waals surface area contributed by atoms with Crippen LogP contribution in [0.4, 0.5) is 0 Å². The Balaban J connectivity index is 1.68. The van der Waals surface area contributed by atoms with Gasteiger partial charge in [-0.1, -0.05) is 11.3 Å². The van der Waals surface area contributed by atoms with Crippen LogP contribution in [0.5, 0.6) is 0 Å². The molecule has 21 heavy (non-hydrogen) atoms. The van der Waals surface area contributed by atoms with Gasteiger partial charge in [0.15, 0.2) is 0 Å². The zero-order valence-corrected chi connectivity index (χ0v) is 12.3. The smallest absolute Gasteiger partial charge is 0.337 e. The number of H-pyrrole nitrogens is 2. The van der Waals surface area contributed by atoms with Crippen molar-refractivity contribution in [2.45, 2.75) is 18.8 Å². The quantitative estimate of drug-likeness (QED) is 0.807. The van der Waals surface area contributed by atoms with E-state index in [9.17, 15) is 14.4 Å². The van der Waals surface area contributed by atoms with E-state index in [1.54, 1.807) is 17.3 Å². The molecule has 3 heterocycles. The number of nitrogens with zero attached hydrogens (tertiary/aromatic N) is 3. The third kappa shape index (κ3) is 2.56. The Kier molecular flexibility index (Phi) is 3.50. The molecule has 2 N–H and O–H groups in total. The van der Waals surface area contributed by atoms with Crippen LogP contribution in [0, 0.1) is 0 Å². The number of nitrogens with one attached hydrogen (secondary N) is 2. The molecule has 0 saturated carbocycles. The lowest BCUT2D eigenvalue weighted by Gasteiger charge is -2.31. The van der Waals surface area contributed by atoms with Crippen molar-refractivity contribution in [3.8, 4) is 0 Å². The number of carbonyl (C=O) groups excluding carboxylic acids is 1. The van der Waals surface area contributed by atoms with Gasteiger partial charge in [0.05, 0.1) is 0 Å². The van der Waals surface area contributed by atoms with Gasteiger partial charge in [0, 0.05) is 31.4 Å². The second kappa shape index (κ2) is 5.32. The minimum Gasteiger partial charge on any atom is -0.337 e. The number of amides is 1. The van der Waals surface area contributed by atoms with E-state index in [-0.39, 0.29) is 22.4 Å². The van der Waals surface area contributed by atoms with Gasteiger partial charge in [0.2, 0.25) is 0 Å². The summed E-state index contributed by atoms with van der Waals surface area (Å²) in [6, 6.07) is 0. The third-order valence-electron chi connectivity index (χ3n) is 3.81. The van der Waals surface area contributed by atoms with Gasteiger partial charge in [-0.3, -0.25) is 14.2 Å². The van der Waals surface area contributed by atoms with Gasteiger partial charge in [-0.05, 0) is 12.8 Å². The summed E-state index contributed by atoms with van der Waals surface area (Å²) in [5, 5.41) is 8.03. The van der Waals surface area contributed by atoms with Crippen molar-refractivity contribution >= 4 is 17.2 Å². The first-order valence-electron chi connectivity index (χ1n) is 6.64. The zero-order valence-electron chi connectivity index (χ0n) is 11.5. The Bertz CT molecular complexity index is 762. The zero-order chi connectivity index (χ0) is 15.0. The molecular weight excluding hydrogens is 294 g/mol. The number of rotatable bonds is 2. The van der Waals surface area contributed by atoms with Crippen LogP contribution >= 0.6 is 11.3 Å². The molecule has 1 aliphatic heterocycles. The van der Waals surface area contributed by atoms with Crippen molar-refractivity contribution in [1.29, 1.82) is 0 Å². The fourth-order valence-corrected chi connectivity index (χ4v) is 3.17. The standard InChI is InChI=1S/C12H15N5O3S/c1-16-9(14-15-11(16)19)7-2-4-17(5-3-7)10(18)8-6-21-12(20)13-8/h6-7H,2-5H2,1H3,(H,13,20)(H,15,19). The van der Waals surface area contributed by atoms with Crippen molar-refractivity contribution in [1.82, 2.24) is 24.6 Å². The van der Waals surface area contributed by atoms with Crippen molar-refractivity contribution in [2.75, 3.05) is 13.1 Å². The van der Waals surface area contributed by atoms with Crippen LogP contribution in [0.1, 0.15) is 35.1 Å². The SMILES string of the molecule is Cn1c(C2CCN(C(=O)c3csc(=O)[nH]3)CC2)n[nH]c1=O. The number of likely N-dealkylation sites (tertiary alicyclic amines) is 1. The molecule has 0 atom stereocenters.